The smallest absolute Gasteiger partial charge is 0.426 e. The molecule has 0 amide bonds. The molecule has 0 bridgehead atoms. The van der Waals surface area contributed by atoms with Crippen LogP contribution in [-0.2, 0) is 28.4 Å². The van der Waals surface area contributed by atoms with Crippen LogP contribution in [0, 0.1) is 0 Å². The molecule has 0 aromatic carbocycles. The summed E-state index contributed by atoms with van der Waals surface area (Å²) in [5, 5.41) is 0. The lowest BCUT2D eigenvalue weighted by molar-refractivity contribution is -0.256. The van der Waals surface area contributed by atoms with Gasteiger partial charge in [0.25, 0.3) is 0 Å². The van der Waals surface area contributed by atoms with Gasteiger partial charge in [0.05, 0.1) is 0 Å². The van der Waals surface area contributed by atoms with E-state index < -0.39 is 34.0 Å². The summed E-state index contributed by atoms with van der Waals surface area (Å²) in [6.07, 6.45) is -0.793. The lowest BCUT2D eigenvalue weighted by Gasteiger charge is -2.29. The van der Waals surface area contributed by atoms with E-state index in [-0.39, 0.29) is 13.2 Å². The van der Waals surface area contributed by atoms with Gasteiger partial charge in [0, 0.05) is 0 Å². The van der Waals surface area contributed by atoms with E-state index >= 15 is 0 Å². The molecule has 0 aromatic heterocycles. The molecule has 0 unspecified atom stereocenters. The number of carbonyl (C=O) groups is 1. The SMILES string of the molecule is CC(C)(COO[Si](C)(C)C)OC(=O)OC(C)(C)COO[Si](C)(C)C. The Bertz CT molecular complexity index is 362. The highest BCUT2D eigenvalue weighted by molar-refractivity contribution is 6.69. The highest BCUT2D eigenvalue weighted by atomic mass is 28.4. The minimum absolute atomic E-state index is 0.113. The molecule has 0 aliphatic heterocycles. The van der Waals surface area contributed by atoms with Crippen LogP contribution >= 0.6 is 0 Å². The predicted octanol–water partition coefficient (Wildman–Crippen LogP) is 4.26. The van der Waals surface area contributed by atoms with Crippen LogP contribution in [0.15, 0.2) is 0 Å². The molecule has 0 rings (SSSR count). The second-order valence-electron chi connectivity index (χ2n) is 8.89. The molecule has 0 aliphatic rings. The van der Waals surface area contributed by atoms with Crippen LogP contribution in [0.3, 0.4) is 0 Å². The minimum Gasteiger partial charge on any atom is -0.426 e. The Morgan fingerprint density at radius 2 is 1.00 bits per heavy atom. The van der Waals surface area contributed by atoms with Crippen molar-refractivity contribution in [2.24, 2.45) is 0 Å². The second kappa shape index (κ2) is 8.77. The third kappa shape index (κ3) is 13.9. The predicted molar refractivity (Wildman–Crippen MR) is 96.5 cm³/mol. The number of carbonyl (C=O) groups excluding carboxylic acids is 1. The van der Waals surface area contributed by atoms with Crippen molar-refractivity contribution in [2.75, 3.05) is 13.2 Å². The molecule has 0 saturated carbocycles. The van der Waals surface area contributed by atoms with E-state index in [0.29, 0.717) is 0 Å². The van der Waals surface area contributed by atoms with Gasteiger partial charge in [0.2, 0.25) is 16.6 Å². The molecule has 7 nitrogen and oxygen atoms in total. The van der Waals surface area contributed by atoms with Crippen molar-refractivity contribution in [3.8, 4) is 0 Å². The van der Waals surface area contributed by atoms with Crippen LogP contribution in [0.25, 0.3) is 0 Å². The molecule has 0 heterocycles. The molecule has 24 heavy (non-hydrogen) atoms. The molecule has 0 fully saturated rings. The molecule has 0 saturated heterocycles. The largest absolute Gasteiger partial charge is 0.509 e. The minimum atomic E-state index is -1.79. The zero-order chi connectivity index (χ0) is 19.2. The van der Waals surface area contributed by atoms with Gasteiger partial charge in [-0.3, -0.25) is 9.15 Å². The fraction of sp³-hybridized carbons (Fsp3) is 0.933. The third-order valence-electron chi connectivity index (χ3n) is 2.15. The van der Waals surface area contributed by atoms with Crippen molar-refractivity contribution in [1.29, 1.82) is 0 Å². The van der Waals surface area contributed by atoms with Gasteiger partial charge in [-0.05, 0) is 67.0 Å². The summed E-state index contributed by atoms with van der Waals surface area (Å²) in [6, 6.07) is 0. The number of hydrogen-bond acceptors (Lipinski definition) is 7. The van der Waals surface area contributed by atoms with Gasteiger partial charge < -0.3 is 9.47 Å². The Balaban J connectivity index is 4.29. The van der Waals surface area contributed by atoms with E-state index in [4.69, 9.17) is 28.4 Å². The zero-order valence-corrected chi connectivity index (χ0v) is 18.8. The summed E-state index contributed by atoms with van der Waals surface area (Å²) in [5.74, 6) is 0. The van der Waals surface area contributed by atoms with E-state index in [9.17, 15) is 4.79 Å². The second-order valence-corrected chi connectivity index (χ2v) is 17.7. The normalized spacial score (nSPS) is 13.8. The van der Waals surface area contributed by atoms with Crippen LogP contribution in [0.1, 0.15) is 27.7 Å². The lowest BCUT2D eigenvalue weighted by atomic mass is 10.1. The van der Waals surface area contributed by atoms with E-state index in [1.54, 1.807) is 27.7 Å². The maximum atomic E-state index is 12.0. The molecule has 0 N–H and O–H groups in total. The van der Waals surface area contributed by atoms with E-state index in [2.05, 4.69) is 0 Å². The quantitative estimate of drug-likeness (QED) is 0.242. The number of ether oxygens (including phenoxy) is 2. The Kier molecular flexibility index (Phi) is 8.60. The highest BCUT2D eigenvalue weighted by Crippen LogP contribution is 2.18. The van der Waals surface area contributed by atoms with Crippen LogP contribution in [0.4, 0.5) is 4.79 Å². The Hall–Kier alpha value is -0.456. The zero-order valence-electron chi connectivity index (χ0n) is 16.8. The van der Waals surface area contributed by atoms with Gasteiger partial charge in [-0.25, -0.2) is 14.6 Å². The summed E-state index contributed by atoms with van der Waals surface area (Å²) in [5.41, 5.74) is -1.75. The third-order valence-corrected chi connectivity index (χ3v) is 3.39. The first kappa shape index (κ1) is 23.5. The average Bonchev–Trinajstić information content (AvgIpc) is 2.21. The number of hydrogen-bond donors (Lipinski definition) is 0. The number of rotatable bonds is 10. The summed E-state index contributed by atoms with van der Waals surface area (Å²) < 4.78 is 21.2. The molecule has 0 spiro atoms. The summed E-state index contributed by atoms with van der Waals surface area (Å²) >= 11 is 0. The summed E-state index contributed by atoms with van der Waals surface area (Å²) in [6.45, 7) is 19.1. The Morgan fingerprint density at radius 1 is 0.708 bits per heavy atom. The van der Waals surface area contributed by atoms with Gasteiger partial charge in [-0.1, -0.05) is 0 Å². The van der Waals surface area contributed by atoms with E-state index in [0.717, 1.165) is 0 Å². The van der Waals surface area contributed by atoms with E-state index in [1.165, 1.54) is 0 Å². The molecule has 0 aliphatic carbocycles. The maximum absolute atomic E-state index is 12.0. The molecule has 9 heteroatoms. The molecule has 0 atom stereocenters. The fourth-order valence-electron chi connectivity index (χ4n) is 1.23. The first-order chi connectivity index (χ1) is 10.5. The Morgan fingerprint density at radius 3 is 1.25 bits per heavy atom. The van der Waals surface area contributed by atoms with Crippen molar-refractivity contribution in [1.82, 2.24) is 0 Å². The first-order valence-corrected chi connectivity index (χ1v) is 14.9. The van der Waals surface area contributed by atoms with Crippen LogP contribution in [0.2, 0.25) is 39.3 Å². The summed E-state index contributed by atoms with van der Waals surface area (Å²) in [7, 11) is -3.57. The van der Waals surface area contributed by atoms with Crippen molar-refractivity contribution in [2.45, 2.75) is 78.2 Å². The van der Waals surface area contributed by atoms with Gasteiger partial charge in [-0.2, -0.15) is 0 Å². The first-order valence-electron chi connectivity index (χ1n) is 8.05. The molecular formula is C15H34O7Si2. The van der Waals surface area contributed by atoms with Crippen molar-refractivity contribution >= 4 is 22.8 Å². The van der Waals surface area contributed by atoms with Crippen LogP contribution in [-0.4, -0.2) is 47.2 Å². The van der Waals surface area contributed by atoms with Gasteiger partial charge in [0.1, 0.15) is 24.4 Å². The molecule has 0 aromatic rings. The topological polar surface area (TPSA) is 72.5 Å². The monoisotopic (exact) mass is 382 g/mol. The van der Waals surface area contributed by atoms with Crippen LogP contribution in [0.5, 0.6) is 0 Å². The van der Waals surface area contributed by atoms with Gasteiger partial charge in [0.15, 0.2) is 0 Å². The molecular weight excluding hydrogens is 348 g/mol. The summed E-state index contributed by atoms with van der Waals surface area (Å²) in [4.78, 5) is 22.3. The lowest BCUT2D eigenvalue weighted by Crippen LogP contribution is -2.40. The van der Waals surface area contributed by atoms with Crippen molar-refractivity contribution in [3.63, 3.8) is 0 Å². The van der Waals surface area contributed by atoms with Crippen LogP contribution < -0.4 is 0 Å². The van der Waals surface area contributed by atoms with Gasteiger partial charge >= 0.3 is 6.16 Å². The van der Waals surface area contributed by atoms with Crippen molar-refractivity contribution < 1.29 is 33.2 Å². The maximum Gasteiger partial charge on any atom is 0.509 e. The Labute approximate surface area is 148 Å². The molecule has 144 valence electrons. The van der Waals surface area contributed by atoms with Crippen molar-refractivity contribution in [3.05, 3.63) is 0 Å². The van der Waals surface area contributed by atoms with Gasteiger partial charge in [-0.15, -0.1) is 0 Å². The van der Waals surface area contributed by atoms with E-state index in [1.807, 2.05) is 39.3 Å². The average molecular weight is 383 g/mol. The molecule has 0 radical (unpaired) electrons. The fourth-order valence-corrected chi connectivity index (χ4v) is 2.05. The highest BCUT2D eigenvalue weighted by Gasteiger charge is 2.31. The standard InChI is InChI=1S/C15H34O7Si2/c1-14(2,11-17-21-23(5,6)7)19-13(16)20-15(3,4)12-18-22-24(8,9)10/h11-12H2,1-10H3.